The second-order valence-corrected chi connectivity index (χ2v) is 6.79. The Bertz CT molecular complexity index is 867. The van der Waals surface area contributed by atoms with E-state index >= 15 is 0 Å². The van der Waals surface area contributed by atoms with E-state index in [1.807, 2.05) is 0 Å². The van der Waals surface area contributed by atoms with Crippen molar-refractivity contribution in [3.63, 3.8) is 0 Å². The van der Waals surface area contributed by atoms with Crippen molar-refractivity contribution >= 4 is 23.2 Å². The average molecular weight is 379 g/mol. The van der Waals surface area contributed by atoms with Crippen molar-refractivity contribution in [1.29, 1.82) is 0 Å². The van der Waals surface area contributed by atoms with Crippen molar-refractivity contribution in [3.05, 3.63) is 51.5 Å². The Morgan fingerprint density at radius 1 is 1.38 bits per heavy atom. The highest BCUT2D eigenvalue weighted by Crippen LogP contribution is 2.44. The largest absolute Gasteiger partial charge is 0.494 e. The number of halogens is 1. The molecular formula is C18H18FNO5S. The van der Waals surface area contributed by atoms with E-state index in [-0.39, 0.29) is 23.7 Å². The van der Waals surface area contributed by atoms with Crippen molar-refractivity contribution in [2.45, 2.75) is 25.8 Å². The van der Waals surface area contributed by atoms with Crippen LogP contribution in [-0.4, -0.2) is 42.1 Å². The molecule has 3 rings (SSSR count). The van der Waals surface area contributed by atoms with E-state index in [0.29, 0.717) is 28.3 Å². The lowest BCUT2D eigenvalue weighted by molar-refractivity contribution is -0.136. The van der Waals surface area contributed by atoms with Crippen molar-refractivity contribution in [2.24, 2.45) is 0 Å². The minimum Gasteiger partial charge on any atom is -0.494 e. The first-order chi connectivity index (χ1) is 12.4. The average Bonchev–Trinajstić information content (AvgIpc) is 3.18. The summed E-state index contributed by atoms with van der Waals surface area (Å²) in [6.45, 7) is 1.64. The Kier molecular flexibility index (Phi) is 4.86. The third-order valence-electron chi connectivity index (χ3n) is 4.54. The van der Waals surface area contributed by atoms with E-state index in [2.05, 4.69) is 0 Å². The Balaban J connectivity index is 2.07. The summed E-state index contributed by atoms with van der Waals surface area (Å²) in [5.41, 5.74) is 1.41. The van der Waals surface area contributed by atoms with Crippen molar-refractivity contribution in [1.82, 2.24) is 4.90 Å². The number of carbonyl (C=O) groups excluding carboxylic acids is 1. The third kappa shape index (κ3) is 2.90. The lowest BCUT2D eigenvalue weighted by Crippen LogP contribution is -2.36. The second kappa shape index (κ2) is 6.95. The number of nitrogens with zero attached hydrogens (tertiary/aromatic N) is 1. The Morgan fingerprint density at radius 3 is 2.69 bits per heavy atom. The van der Waals surface area contributed by atoms with Crippen LogP contribution < -0.4 is 4.74 Å². The first-order valence-corrected chi connectivity index (χ1v) is 8.79. The highest BCUT2D eigenvalue weighted by atomic mass is 32.1. The number of thiophene rings is 1. The molecule has 0 spiro atoms. The molecule has 0 bridgehead atoms. The number of allylic oxidation sites excluding steroid dienone is 2. The molecule has 0 aromatic carbocycles. The Morgan fingerprint density at radius 2 is 2.12 bits per heavy atom. The summed E-state index contributed by atoms with van der Waals surface area (Å²) in [7, 11) is 2.87. The van der Waals surface area contributed by atoms with E-state index < -0.39 is 17.8 Å². The molecule has 0 radical (unpaired) electrons. The highest BCUT2D eigenvalue weighted by molar-refractivity contribution is 7.12. The summed E-state index contributed by atoms with van der Waals surface area (Å²) in [5, 5.41) is 11.5. The number of methoxy groups -OCH3 is 2. The van der Waals surface area contributed by atoms with Gasteiger partial charge in [0.2, 0.25) is 0 Å². The number of hydrogen-bond donors (Lipinski definition) is 1. The highest BCUT2D eigenvalue weighted by Gasteiger charge is 2.43. The number of carboxylic acids is 1. The predicted molar refractivity (Wildman–Crippen MR) is 93.6 cm³/mol. The van der Waals surface area contributed by atoms with Gasteiger partial charge in [0.25, 0.3) is 5.91 Å². The summed E-state index contributed by atoms with van der Waals surface area (Å²) in [6, 6.07) is 1.04. The van der Waals surface area contributed by atoms with E-state index in [9.17, 15) is 19.1 Å². The second-order valence-electron chi connectivity index (χ2n) is 5.92. The molecule has 2 aliphatic rings. The van der Waals surface area contributed by atoms with Crippen molar-refractivity contribution < 1.29 is 28.6 Å². The van der Waals surface area contributed by atoms with Crippen LogP contribution in [0.2, 0.25) is 0 Å². The number of aliphatic carboxylic acids is 1. The molecule has 138 valence electrons. The molecule has 1 N–H and O–H groups in total. The van der Waals surface area contributed by atoms with Crippen molar-refractivity contribution in [2.75, 3.05) is 14.2 Å². The maximum Gasteiger partial charge on any atom is 0.307 e. The van der Waals surface area contributed by atoms with Gasteiger partial charge in [-0.05, 0) is 25.0 Å². The van der Waals surface area contributed by atoms with Gasteiger partial charge in [-0.2, -0.15) is 0 Å². The summed E-state index contributed by atoms with van der Waals surface area (Å²) in [4.78, 5) is 25.8. The van der Waals surface area contributed by atoms with E-state index in [0.717, 1.165) is 0 Å². The van der Waals surface area contributed by atoms with Crippen LogP contribution in [0.5, 0.6) is 5.06 Å². The van der Waals surface area contributed by atoms with Crippen LogP contribution in [0.25, 0.3) is 0 Å². The molecule has 1 aliphatic carbocycles. The normalized spacial score (nSPS) is 19.5. The zero-order chi connectivity index (χ0) is 19.0. The molecule has 1 unspecified atom stereocenters. The zero-order valence-corrected chi connectivity index (χ0v) is 15.4. The molecule has 8 heteroatoms. The fourth-order valence-corrected chi connectivity index (χ4v) is 4.07. The fourth-order valence-electron chi connectivity index (χ4n) is 3.36. The van der Waals surface area contributed by atoms with Crippen LogP contribution in [0, 0.1) is 0 Å². The molecule has 6 nitrogen and oxygen atoms in total. The number of carbonyl (C=O) groups is 2. The number of amides is 1. The summed E-state index contributed by atoms with van der Waals surface area (Å²) in [6.07, 6.45) is 1.56. The molecule has 0 saturated heterocycles. The van der Waals surface area contributed by atoms with Gasteiger partial charge >= 0.3 is 5.97 Å². The van der Waals surface area contributed by atoms with Crippen LogP contribution >= 0.6 is 11.3 Å². The van der Waals surface area contributed by atoms with Gasteiger partial charge in [0.15, 0.2) is 16.6 Å². The SMILES string of the molecule is COC1=CCC2C(=C1F)C(CC(=O)O)=C(C)N2C(=O)c1csc(OC)c1. The van der Waals surface area contributed by atoms with Crippen LogP contribution in [0.15, 0.2) is 46.0 Å². The minimum absolute atomic E-state index is 0.0680. The van der Waals surface area contributed by atoms with Gasteiger partial charge in [0.1, 0.15) is 0 Å². The van der Waals surface area contributed by atoms with Gasteiger partial charge in [-0.15, -0.1) is 11.3 Å². The molecule has 1 aliphatic heterocycles. The molecule has 2 heterocycles. The molecule has 1 aromatic rings. The van der Waals surface area contributed by atoms with Gasteiger partial charge in [-0.1, -0.05) is 0 Å². The monoisotopic (exact) mass is 379 g/mol. The van der Waals surface area contributed by atoms with Gasteiger partial charge in [-0.25, -0.2) is 4.39 Å². The van der Waals surface area contributed by atoms with Crippen LogP contribution in [0.4, 0.5) is 4.39 Å². The first kappa shape index (κ1) is 18.2. The van der Waals surface area contributed by atoms with Gasteiger partial charge in [0.05, 0.1) is 32.2 Å². The molecular weight excluding hydrogens is 361 g/mol. The molecule has 26 heavy (non-hydrogen) atoms. The smallest absolute Gasteiger partial charge is 0.307 e. The van der Waals surface area contributed by atoms with Gasteiger partial charge in [-0.3, -0.25) is 9.59 Å². The van der Waals surface area contributed by atoms with Gasteiger partial charge < -0.3 is 19.5 Å². The molecule has 0 fully saturated rings. The van der Waals surface area contributed by atoms with Crippen LogP contribution in [0.1, 0.15) is 30.1 Å². The lowest BCUT2D eigenvalue weighted by Gasteiger charge is -2.28. The standard InChI is InChI=1S/C18H18FNO5S/c1-9-11(7-14(21)22)16-12(4-5-13(24-2)17(16)19)20(9)18(23)10-6-15(25-3)26-8-10/h5-6,8,12H,4,7H2,1-3H3,(H,21,22). The van der Waals surface area contributed by atoms with E-state index in [4.69, 9.17) is 9.47 Å². The van der Waals surface area contributed by atoms with Crippen molar-refractivity contribution in [3.8, 4) is 5.06 Å². The topological polar surface area (TPSA) is 76.1 Å². The summed E-state index contributed by atoms with van der Waals surface area (Å²) >= 11 is 1.29. The summed E-state index contributed by atoms with van der Waals surface area (Å²) < 4.78 is 25.0. The number of rotatable bonds is 5. The summed E-state index contributed by atoms with van der Waals surface area (Å²) in [5.74, 6) is -1.94. The third-order valence-corrected chi connectivity index (χ3v) is 5.43. The number of ether oxygens (including phenoxy) is 2. The lowest BCUT2D eigenvalue weighted by atomic mass is 9.91. The zero-order valence-electron chi connectivity index (χ0n) is 14.5. The Labute approximate surface area is 153 Å². The number of hydrogen-bond acceptors (Lipinski definition) is 5. The first-order valence-electron chi connectivity index (χ1n) is 7.91. The van der Waals surface area contributed by atoms with E-state index in [1.54, 1.807) is 24.4 Å². The van der Waals surface area contributed by atoms with Gasteiger partial charge in [0, 0.05) is 22.7 Å². The fraction of sp³-hybridized carbons (Fsp3) is 0.333. The maximum absolute atomic E-state index is 14.9. The molecule has 1 amide bonds. The number of carboxylic acid groups (broad SMARTS) is 1. The molecule has 1 atom stereocenters. The quantitative estimate of drug-likeness (QED) is 0.848. The number of fused-ring (bicyclic) bond motifs is 1. The van der Waals surface area contributed by atoms with Crippen LogP contribution in [-0.2, 0) is 9.53 Å². The van der Waals surface area contributed by atoms with E-state index in [1.165, 1.54) is 30.5 Å². The molecule has 0 saturated carbocycles. The minimum atomic E-state index is -1.08. The molecule has 1 aromatic heterocycles. The van der Waals surface area contributed by atoms with Crippen LogP contribution in [0.3, 0.4) is 0 Å². The maximum atomic E-state index is 14.9. The predicted octanol–water partition coefficient (Wildman–Crippen LogP) is 3.49. The Hall–Kier alpha value is -2.61.